The van der Waals surface area contributed by atoms with Gasteiger partial charge in [-0.25, -0.2) is 0 Å². The molecule has 0 fully saturated rings. The molecule has 0 radical (unpaired) electrons. The summed E-state index contributed by atoms with van der Waals surface area (Å²) in [5, 5.41) is 17.4. The van der Waals surface area contributed by atoms with Crippen molar-refractivity contribution in [2.45, 2.75) is 12.6 Å². The Balaban J connectivity index is 2.84. The molecule has 2 N–H and O–H groups in total. The van der Waals surface area contributed by atoms with Gasteiger partial charge < -0.3 is 10.0 Å². The van der Waals surface area contributed by atoms with E-state index in [9.17, 15) is 13.2 Å². The topological polar surface area (TPSA) is 53.4 Å². The third-order valence-corrected chi connectivity index (χ3v) is 1.52. The van der Waals surface area contributed by atoms with Crippen molar-refractivity contribution in [3.05, 3.63) is 24.0 Å². The van der Waals surface area contributed by atoms with E-state index >= 15 is 0 Å². The van der Waals surface area contributed by atoms with Gasteiger partial charge in [0.2, 0.25) is 0 Å². The summed E-state index contributed by atoms with van der Waals surface area (Å²) in [7, 11) is -1.80. The molecule has 0 atom stereocenters. The zero-order valence-electron chi connectivity index (χ0n) is 6.99. The number of alkyl halides is 3. The van der Waals surface area contributed by atoms with Crippen molar-refractivity contribution in [2.75, 3.05) is 0 Å². The van der Waals surface area contributed by atoms with Gasteiger partial charge in [-0.2, -0.15) is 13.2 Å². The zero-order valence-corrected chi connectivity index (χ0v) is 6.99. The molecule has 76 valence electrons. The van der Waals surface area contributed by atoms with Gasteiger partial charge >= 0.3 is 13.3 Å². The van der Waals surface area contributed by atoms with Gasteiger partial charge in [-0.3, -0.25) is 4.98 Å². The molecule has 1 aromatic heterocycles. The first kappa shape index (κ1) is 11.0. The summed E-state index contributed by atoms with van der Waals surface area (Å²) in [5.41, 5.74) is -0.144. The molecule has 7 heteroatoms. The molecule has 1 aromatic rings. The Bertz CT molecular complexity index is 316. The Kier molecular flexibility index (Phi) is 3.12. The monoisotopic (exact) mass is 205 g/mol. The minimum atomic E-state index is -4.32. The van der Waals surface area contributed by atoms with Crippen LogP contribution in [0.25, 0.3) is 0 Å². The second-order valence-electron chi connectivity index (χ2n) is 2.79. The minimum absolute atomic E-state index is 0.0493. The Morgan fingerprint density at radius 2 is 1.93 bits per heavy atom. The van der Waals surface area contributed by atoms with Crippen molar-refractivity contribution in [3.63, 3.8) is 0 Å². The van der Waals surface area contributed by atoms with Crippen molar-refractivity contribution >= 4 is 12.6 Å². The fourth-order valence-corrected chi connectivity index (χ4v) is 0.977. The van der Waals surface area contributed by atoms with Crippen LogP contribution in [-0.4, -0.2) is 28.3 Å². The van der Waals surface area contributed by atoms with Gasteiger partial charge in [0, 0.05) is 17.9 Å². The van der Waals surface area contributed by atoms with Gasteiger partial charge in [0.15, 0.2) is 0 Å². The summed E-state index contributed by atoms with van der Waals surface area (Å²) in [6.07, 6.45) is -3.30. The van der Waals surface area contributed by atoms with E-state index in [0.29, 0.717) is 0 Å². The first-order chi connectivity index (χ1) is 6.38. The van der Waals surface area contributed by atoms with E-state index in [4.69, 9.17) is 10.0 Å². The van der Waals surface area contributed by atoms with Crippen LogP contribution in [-0.2, 0) is 6.42 Å². The molecule has 0 aromatic carbocycles. The molecule has 1 heterocycles. The molecule has 0 aliphatic rings. The largest absolute Gasteiger partial charge is 0.490 e. The first-order valence-electron chi connectivity index (χ1n) is 3.75. The third kappa shape index (κ3) is 3.35. The SMILES string of the molecule is OB(O)c1cncc(CC(F)(F)F)c1. The van der Waals surface area contributed by atoms with E-state index in [1.54, 1.807) is 0 Å². The summed E-state index contributed by atoms with van der Waals surface area (Å²) in [5.74, 6) is 0. The molecule has 0 aliphatic carbocycles. The highest BCUT2D eigenvalue weighted by atomic mass is 19.4. The van der Waals surface area contributed by atoms with Crippen molar-refractivity contribution in [1.82, 2.24) is 4.98 Å². The molecule has 0 spiro atoms. The lowest BCUT2D eigenvalue weighted by Gasteiger charge is -2.06. The second kappa shape index (κ2) is 3.97. The fraction of sp³-hybridized carbons (Fsp3) is 0.286. The van der Waals surface area contributed by atoms with E-state index in [-0.39, 0.29) is 11.0 Å². The molecule has 1 rings (SSSR count). The Morgan fingerprint density at radius 3 is 2.43 bits per heavy atom. The second-order valence-corrected chi connectivity index (χ2v) is 2.79. The van der Waals surface area contributed by atoms with Crippen molar-refractivity contribution in [2.24, 2.45) is 0 Å². The van der Waals surface area contributed by atoms with Gasteiger partial charge in [0.1, 0.15) is 0 Å². The third-order valence-electron chi connectivity index (χ3n) is 1.52. The van der Waals surface area contributed by atoms with Gasteiger partial charge in [-0.1, -0.05) is 6.07 Å². The van der Waals surface area contributed by atoms with E-state index in [1.807, 2.05) is 0 Å². The van der Waals surface area contributed by atoms with E-state index in [1.165, 1.54) is 0 Å². The number of pyridine rings is 1. The number of nitrogens with zero attached hydrogens (tertiary/aromatic N) is 1. The van der Waals surface area contributed by atoms with Crippen LogP contribution in [0, 0.1) is 0 Å². The lowest BCUT2D eigenvalue weighted by molar-refractivity contribution is -0.127. The number of aromatic nitrogens is 1. The van der Waals surface area contributed by atoms with Crippen molar-refractivity contribution in [3.8, 4) is 0 Å². The van der Waals surface area contributed by atoms with Crippen LogP contribution >= 0.6 is 0 Å². The summed E-state index contributed by atoms with van der Waals surface area (Å²) >= 11 is 0. The molecule has 0 amide bonds. The number of hydrogen-bond donors (Lipinski definition) is 2. The maximum absolute atomic E-state index is 11.9. The highest BCUT2D eigenvalue weighted by Crippen LogP contribution is 2.19. The molecule has 0 saturated heterocycles. The standard InChI is InChI=1S/C7H7BF3NO2/c9-7(10,11)2-5-1-6(8(13)14)4-12-3-5/h1,3-4,13-14H,2H2. The summed E-state index contributed by atoms with van der Waals surface area (Å²) < 4.78 is 35.8. The minimum Gasteiger partial charge on any atom is -0.423 e. The van der Waals surface area contributed by atoms with Gasteiger partial charge in [0.25, 0.3) is 0 Å². The molecular formula is C7H7BF3NO2. The average Bonchev–Trinajstić information content (AvgIpc) is 2.01. The molecule has 0 aliphatic heterocycles. The predicted octanol–water partition coefficient (Wildman–Crippen LogP) is -0.134. The van der Waals surface area contributed by atoms with Crippen LogP contribution in [0.15, 0.2) is 18.5 Å². The van der Waals surface area contributed by atoms with Crippen LogP contribution in [0.1, 0.15) is 5.56 Å². The van der Waals surface area contributed by atoms with Gasteiger partial charge in [-0.15, -0.1) is 0 Å². The molecular weight excluding hydrogens is 198 g/mol. The van der Waals surface area contributed by atoms with Crippen LogP contribution < -0.4 is 5.46 Å². The first-order valence-corrected chi connectivity index (χ1v) is 3.75. The van der Waals surface area contributed by atoms with E-state index < -0.39 is 19.7 Å². The molecule has 3 nitrogen and oxygen atoms in total. The highest BCUT2D eigenvalue weighted by molar-refractivity contribution is 6.58. The lowest BCUT2D eigenvalue weighted by atomic mass is 9.81. The van der Waals surface area contributed by atoms with E-state index in [2.05, 4.69) is 4.98 Å². The summed E-state index contributed by atoms with van der Waals surface area (Å²) in [6, 6.07) is 1.06. The van der Waals surface area contributed by atoms with E-state index in [0.717, 1.165) is 18.5 Å². The maximum atomic E-state index is 11.9. The summed E-state index contributed by atoms with van der Waals surface area (Å²) in [4.78, 5) is 3.47. The number of hydrogen-bond acceptors (Lipinski definition) is 3. The van der Waals surface area contributed by atoms with Crippen LogP contribution in [0.3, 0.4) is 0 Å². The highest BCUT2D eigenvalue weighted by Gasteiger charge is 2.28. The average molecular weight is 205 g/mol. The molecule has 0 unspecified atom stereocenters. The van der Waals surface area contributed by atoms with Crippen LogP contribution in [0.2, 0.25) is 0 Å². The molecule has 14 heavy (non-hydrogen) atoms. The fourth-order valence-electron chi connectivity index (χ4n) is 0.977. The maximum Gasteiger partial charge on any atom is 0.490 e. The normalized spacial score (nSPS) is 11.5. The summed E-state index contributed by atoms with van der Waals surface area (Å²) in [6.45, 7) is 0. The number of halogens is 3. The molecule has 0 bridgehead atoms. The Labute approximate surface area is 78.4 Å². The quantitative estimate of drug-likeness (QED) is 0.661. The molecule has 0 saturated carbocycles. The Morgan fingerprint density at radius 1 is 1.29 bits per heavy atom. The van der Waals surface area contributed by atoms with Crippen molar-refractivity contribution < 1.29 is 23.2 Å². The van der Waals surface area contributed by atoms with Gasteiger partial charge in [0.05, 0.1) is 6.42 Å². The Hall–Kier alpha value is -1.08. The van der Waals surface area contributed by atoms with Crippen molar-refractivity contribution in [1.29, 1.82) is 0 Å². The van der Waals surface area contributed by atoms with Crippen LogP contribution in [0.4, 0.5) is 13.2 Å². The lowest BCUT2D eigenvalue weighted by Crippen LogP contribution is -2.30. The number of rotatable bonds is 2. The van der Waals surface area contributed by atoms with Crippen LogP contribution in [0.5, 0.6) is 0 Å². The predicted molar refractivity (Wildman–Crippen MR) is 43.8 cm³/mol. The zero-order chi connectivity index (χ0) is 10.8. The van der Waals surface area contributed by atoms with Gasteiger partial charge in [-0.05, 0) is 5.56 Å². The smallest absolute Gasteiger partial charge is 0.423 e.